The van der Waals surface area contributed by atoms with Crippen molar-refractivity contribution in [2.45, 2.75) is 6.92 Å². The second-order valence-corrected chi connectivity index (χ2v) is 7.84. The number of rotatable bonds is 3. The summed E-state index contributed by atoms with van der Waals surface area (Å²) in [6, 6.07) is 10.6. The number of piperazine rings is 2. The van der Waals surface area contributed by atoms with Crippen LogP contribution < -0.4 is 9.80 Å². The number of anilines is 2. The lowest BCUT2D eigenvalue weighted by atomic mass is 10.1. The monoisotopic (exact) mass is 379 g/mol. The molecule has 0 bridgehead atoms. The number of nitrogens with zero attached hydrogens (tertiary/aromatic N) is 5. The predicted molar refractivity (Wildman–Crippen MR) is 113 cm³/mol. The van der Waals surface area contributed by atoms with Gasteiger partial charge in [0.05, 0.1) is 17.4 Å². The van der Waals surface area contributed by atoms with Crippen molar-refractivity contribution in [2.75, 3.05) is 69.2 Å². The van der Waals surface area contributed by atoms with Crippen LogP contribution >= 0.6 is 0 Å². The maximum Gasteiger partial charge on any atom is 0.255 e. The smallest absolute Gasteiger partial charge is 0.255 e. The van der Waals surface area contributed by atoms with Gasteiger partial charge in [0.25, 0.3) is 5.91 Å². The van der Waals surface area contributed by atoms with Gasteiger partial charge in [-0.15, -0.1) is 0 Å². The minimum absolute atomic E-state index is 0.0902. The standard InChI is InChI=1S/C22H29N5O/c1-18-4-3-5-20(14-18)25-10-12-27(13-11-25)22(28)19-15-21(17-23-16-19)26-8-6-24(2)7-9-26/h3-5,14-17H,6-13H2,1-2H3. The van der Waals surface area contributed by atoms with Crippen molar-refractivity contribution in [3.8, 4) is 0 Å². The number of carbonyl (C=O) groups excluding carboxylic acids is 1. The van der Waals surface area contributed by atoms with E-state index in [9.17, 15) is 4.79 Å². The number of hydrogen-bond donors (Lipinski definition) is 0. The molecule has 2 aromatic rings. The van der Waals surface area contributed by atoms with Crippen LogP contribution in [0.1, 0.15) is 15.9 Å². The molecule has 0 unspecified atom stereocenters. The second-order valence-electron chi connectivity index (χ2n) is 7.84. The summed E-state index contributed by atoms with van der Waals surface area (Å²) >= 11 is 0. The SMILES string of the molecule is Cc1cccc(N2CCN(C(=O)c3cncc(N4CCN(C)CC4)c3)CC2)c1. The van der Waals surface area contributed by atoms with Gasteiger partial charge in [0.15, 0.2) is 0 Å². The van der Waals surface area contributed by atoms with Crippen LogP contribution in [0.25, 0.3) is 0 Å². The van der Waals surface area contributed by atoms with E-state index in [4.69, 9.17) is 0 Å². The number of hydrogen-bond acceptors (Lipinski definition) is 5. The molecule has 3 heterocycles. The summed E-state index contributed by atoms with van der Waals surface area (Å²) in [7, 11) is 2.14. The largest absolute Gasteiger partial charge is 0.368 e. The first-order valence-corrected chi connectivity index (χ1v) is 10.1. The van der Waals surface area contributed by atoms with Crippen molar-refractivity contribution in [3.63, 3.8) is 0 Å². The fraction of sp³-hybridized carbons (Fsp3) is 0.455. The first-order valence-electron chi connectivity index (χ1n) is 10.1. The number of carbonyl (C=O) groups is 1. The summed E-state index contributed by atoms with van der Waals surface area (Å²) < 4.78 is 0. The highest BCUT2D eigenvalue weighted by molar-refractivity contribution is 5.95. The van der Waals surface area contributed by atoms with Crippen LogP contribution in [0.3, 0.4) is 0 Å². The Morgan fingerprint density at radius 2 is 1.54 bits per heavy atom. The molecular formula is C22H29N5O. The highest BCUT2D eigenvalue weighted by Crippen LogP contribution is 2.20. The number of likely N-dealkylation sites (N-methyl/N-ethyl adjacent to an activating group) is 1. The van der Waals surface area contributed by atoms with Crippen LogP contribution in [0.4, 0.5) is 11.4 Å². The van der Waals surface area contributed by atoms with E-state index in [1.54, 1.807) is 6.20 Å². The van der Waals surface area contributed by atoms with Gasteiger partial charge in [0.1, 0.15) is 0 Å². The second kappa shape index (κ2) is 8.19. The number of amides is 1. The Bertz CT molecular complexity index is 823. The molecule has 2 aliphatic rings. The summed E-state index contributed by atoms with van der Waals surface area (Å²) in [6.07, 6.45) is 3.58. The van der Waals surface area contributed by atoms with Crippen molar-refractivity contribution < 1.29 is 4.79 Å². The third-order valence-corrected chi connectivity index (χ3v) is 5.77. The molecule has 0 radical (unpaired) electrons. The average molecular weight is 380 g/mol. The predicted octanol–water partition coefficient (Wildman–Crippen LogP) is 2.10. The summed E-state index contributed by atoms with van der Waals surface area (Å²) in [6.45, 7) is 9.36. The van der Waals surface area contributed by atoms with Gasteiger partial charge < -0.3 is 19.6 Å². The number of benzene rings is 1. The Kier molecular flexibility index (Phi) is 5.48. The highest BCUT2D eigenvalue weighted by atomic mass is 16.2. The average Bonchev–Trinajstić information content (AvgIpc) is 2.74. The van der Waals surface area contributed by atoms with E-state index >= 15 is 0 Å². The van der Waals surface area contributed by atoms with Crippen molar-refractivity contribution in [1.29, 1.82) is 0 Å². The molecule has 0 aliphatic carbocycles. The third-order valence-electron chi connectivity index (χ3n) is 5.77. The Morgan fingerprint density at radius 1 is 0.857 bits per heavy atom. The molecule has 4 rings (SSSR count). The molecule has 2 fully saturated rings. The van der Waals surface area contributed by atoms with Gasteiger partial charge in [-0.05, 0) is 37.7 Å². The van der Waals surface area contributed by atoms with E-state index in [1.807, 2.05) is 17.2 Å². The summed E-state index contributed by atoms with van der Waals surface area (Å²) in [5.41, 5.74) is 4.26. The molecule has 6 heteroatoms. The van der Waals surface area contributed by atoms with Crippen LogP contribution in [0.2, 0.25) is 0 Å². The van der Waals surface area contributed by atoms with Crippen LogP contribution in [0, 0.1) is 6.92 Å². The first-order chi connectivity index (χ1) is 13.6. The van der Waals surface area contributed by atoms with Crippen molar-refractivity contribution in [3.05, 3.63) is 53.9 Å². The van der Waals surface area contributed by atoms with Crippen LogP contribution in [0.15, 0.2) is 42.7 Å². The molecule has 1 amide bonds. The lowest BCUT2D eigenvalue weighted by Gasteiger charge is -2.36. The van der Waals surface area contributed by atoms with Gasteiger partial charge in [-0.25, -0.2) is 0 Å². The van der Waals surface area contributed by atoms with E-state index in [0.29, 0.717) is 5.56 Å². The molecule has 0 saturated carbocycles. The number of aromatic nitrogens is 1. The van der Waals surface area contributed by atoms with Crippen LogP contribution in [-0.4, -0.2) is 80.1 Å². The third kappa shape index (κ3) is 4.12. The van der Waals surface area contributed by atoms with Gasteiger partial charge in [-0.3, -0.25) is 9.78 Å². The van der Waals surface area contributed by atoms with Gasteiger partial charge in [0.2, 0.25) is 0 Å². The Balaban J connectivity index is 1.39. The molecule has 28 heavy (non-hydrogen) atoms. The molecule has 0 spiro atoms. The van der Waals surface area contributed by atoms with E-state index < -0.39 is 0 Å². The lowest BCUT2D eigenvalue weighted by molar-refractivity contribution is 0.0746. The molecule has 2 saturated heterocycles. The molecule has 1 aromatic carbocycles. The maximum atomic E-state index is 13.0. The normalized spacial score (nSPS) is 18.4. The first kappa shape index (κ1) is 18.7. The highest BCUT2D eigenvalue weighted by Gasteiger charge is 2.23. The van der Waals surface area contributed by atoms with E-state index in [-0.39, 0.29) is 5.91 Å². The fourth-order valence-electron chi connectivity index (χ4n) is 3.96. The molecule has 148 valence electrons. The molecule has 1 aromatic heterocycles. The molecular weight excluding hydrogens is 350 g/mol. The lowest BCUT2D eigenvalue weighted by Crippen LogP contribution is -2.49. The van der Waals surface area contributed by atoms with Crippen molar-refractivity contribution in [2.24, 2.45) is 0 Å². The topological polar surface area (TPSA) is 42.9 Å². The minimum Gasteiger partial charge on any atom is -0.368 e. The Morgan fingerprint density at radius 3 is 2.25 bits per heavy atom. The zero-order valence-electron chi connectivity index (χ0n) is 16.8. The maximum absolute atomic E-state index is 13.0. The fourth-order valence-corrected chi connectivity index (χ4v) is 3.96. The van der Waals surface area contributed by atoms with Gasteiger partial charge in [0, 0.05) is 64.2 Å². The Hall–Kier alpha value is -2.60. The zero-order chi connectivity index (χ0) is 19.5. The van der Waals surface area contributed by atoms with E-state index in [2.05, 4.69) is 57.9 Å². The Labute approximate surface area is 167 Å². The van der Waals surface area contributed by atoms with E-state index in [0.717, 1.165) is 58.0 Å². The molecule has 2 aliphatic heterocycles. The van der Waals surface area contributed by atoms with Crippen LogP contribution in [0.5, 0.6) is 0 Å². The number of pyridine rings is 1. The summed E-state index contributed by atoms with van der Waals surface area (Å²) in [4.78, 5) is 26.3. The minimum atomic E-state index is 0.0902. The van der Waals surface area contributed by atoms with Gasteiger partial charge >= 0.3 is 0 Å². The number of aryl methyl sites for hydroxylation is 1. The molecule has 6 nitrogen and oxygen atoms in total. The van der Waals surface area contributed by atoms with Crippen molar-refractivity contribution >= 4 is 17.3 Å². The zero-order valence-corrected chi connectivity index (χ0v) is 16.8. The molecule has 0 atom stereocenters. The van der Waals surface area contributed by atoms with Crippen LogP contribution in [-0.2, 0) is 0 Å². The van der Waals surface area contributed by atoms with Gasteiger partial charge in [-0.2, -0.15) is 0 Å². The van der Waals surface area contributed by atoms with Gasteiger partial charge in [-0.1, -0.05) is 12.1 Å². The molecule has 0 N–H and O–H groups in total. The summed E-state index contributed by atoms with van der Waals surface area (Å²) in [5, 5.41) is 0. The summed E-state index contributed by atoms with van der Waals surface area (Å²) in [5.74, 6) is 0.0902. The quantitative estimate of drug-likeness (QED) is 0.817. The van der Waals surface area contributed by atoms with E-state index in [1.165, 1.54) is 11.3 Å². The van der Waals surface area contributed by atoms with Crippen molar-refractivity contribution in [1.82, 2.24) is 14.8 Å².